The number of ether oxygens (including phenoxy) is 1. The second kappa shape index (κ2) is 5.27. The van der Waals surface area contributed by atoms with Gasteiger partial charge in [0.1, 0.15) is 5.75 Å². The minimum absolute atomic E-state index is 0.189. The number of benzene rings is 1. The fourth-order valence-electron chi connectivity index (χ4n) is 2.04. The van der Waals surface area contributed by atoms with Crippen LogP contribution in [-0.4, -0.2) is 14.3 Å². The average molecular weight is 323 g/mol. The molecule has 118 valence electrons. The van der Waals surface area contributed by atoms with Crippen LogP contribution in [0.2, 0.25) is 0 Å². The Labute approximate surface area is 126 Å². The molecule has 0 aliphatic heterocycles. The summed E-state index contributed by atoms with van der Waals surface area (Å²) in [6.45, 7) is 0. The van der Waals surface area contributed by atoms with Crippen LogP contribution in [0.4, 0.5) is 19.0 Å². The highest BCUT2D eigenvalue weighted by molar-refractivity contribution is 5.53. The molecule has 0 aliphatic carbocycles. The predicted octanol–water partition coefficient (Wildman–Crippen LogP) is 4.05. The monoisotopic (exact) mass is 323 g/mol. The Morgan fingerprint density at radius 3 is 2.65 bits per heavy atom. The van der Waals surface area contributed by atoms with Gasteiger partial charge in [0.05, 0.1) is 11.8 Å². The number of pyridine rings is 1. The van der Waals surface area contributed by atoms with E-state index in [1.54, 1.807) is 12.1 Å². The van der Waals surface area contributed by atoms with E-state index >= 15 is 0 Å². The van der Waals surface area contributed by atoms with Crippen LogP contribution in [0.15, 0.2) is 48.7 Å². The van der Waals surface area contributed by atoms with E-state index in [4.69, 9.17) is 4.74 Å². The molecule has 0 fully saturated rings. The Morgan fingerprint density at radius 2 is 1.96 bits per heavy atom. The first-order valence-corrected chi connectivity index (χ1v) is 6.33. The van der Waals surface area contributed by atoms with Crippen molar-refractivity contribution >= 4 is 11.5 Å². The second-order valence-corrected chi connectivity index (χ2v) is 4.55. The van der Waals surface area contributed by atoms with Crippen LogP contribution in [-0.2, 0) is 6.18 Å². The summed E-state index contributed by atoms with van der Waals surface area (Å²) in [5, 5.41) is 11.2. The highest BCUT2D eigenvalue weighted by atomic mass is 19.4. The molecular weight excluding hydrogens is 315 g/mol. The van der Waals surface area contributed by atoms with Gasteiger partial charge in [0.2, 0.25) is 5.65 Å². The summed E-state index contributed by atoms with van der Waals surface area (Å²) in [6, 6.07) is 8.77. The van der Waals surface area contributed by atoms with Crippen molar-refractivity contribution in [1.29, 1.82) is 0 Å². The van der Waals surface area contributed by atoms with Crippen LogP contribution in [0.25, 0.3) is 5.65 Å². The largest absolute Gasteiger partial charge is 0.433 e. The smallest absolute Gasteiger partial charge is 0.416 e. The first kappa shape index (κ1) is 14.8. The number of hydrogen-bond acceptors (Lipinski definition) is 4. The molecule has 0 N–H and O–H groups in total. The number of halogens is 3. The summed E-state index contributed by atoms with van der Waals surface area (Å²) >= 11 is 0. The van der Waals surface area contributed by atoms with Gasteiger partial charge in [0.25, 0.3) is 0 Å². The average Bonchev–Trinajstić information content (AvgIpc) is 2.84. The van der Waals surface area contributed by atoms with E-state index in [0.717, 1.165) is 18.2 Å². The topological polar surface area (TPSA) is 69.7 Å². The van der Waals surface area contributed by atoms with E-state index in [1.165, 1.54) is 22.7 Å². The summed E-state index contributed by atoms with van der Waals surface area (Å²) in [7, 11) is 0. The fourth-order valence-corrected chi connectivity index (χ4v) is 2.04. The van der Waals surface area contributed by atoms with Crippen LogP contribution in [0.5, 0.6) is 11.6 Å². The Morgan fingerprint density at radius 1 is 1.17 bits per heavy atom. The Hall–Kier alpha value is -3.10. The summed E-state index contributed by atoms with van der Waals surface area (Å²) in [5.41, 5.74) is -0.664. The number of rotatable bonds is 3. The van der Waals surface area contributed by atoms with Crippen LogP contribution in [0, 0.1) is 10.1 Å². The summed E-state index contributed by atoms with van der Waals surface area (Å²) in [5.74, 6) is -1.02. The van der Waals surface area contributed by atoms with Crippen molar-refractivity contribution in [2.45, 2.75) is 6.18 Å². The lowest BCUT2D eigenvalue weighted by atomic mass is 10.2. The van der Waals surface area contributed by atoms with Gasteiger partial charge >= 0.3 is 17.9 Å². The van der Waals surface area contributed by atoms with Crippen molar-refractivity contribution in [1.82, 2.24) is 9.38 Å². The first-order chi connectivity index (χ1) is 10.9. The molecule has 0 spiro atoms. The van der Waals surface area contributed by atoms with Crippen LogP contribution >= 0.6 is 0 Å². The lowest BCUT2D eigenvalue weighted by Gasteiger charge is -2.08. The van der Waals surface area contributed by atoms with Crippen molar-refractivity contribution in [2.75, 3.05) is 0 Å². The van der Waals surface area contributed by atoms with Gasteiger partial charge in [-0.05, 0) is 29.2 Å². The van der Waals surface area contributed by atoms with Crippen molar-refractivity contribution in [2.24, 2.45) is 0 Å². The summed E-state index contributed by atoms with van der Waals surface area (Å²) < 4.78 is 44.5. The van der Waals surface area contributed by atoms with Crippen molar-refractivity contribution in [3.8, 4) is 11.6 Å². The zero-order chi connectivity index (χ0) is 16.6. The molecule has 0 aliphatic rings. The van der Waals surface area contributed by atoms with E-state index in [9.17, 15) is 23.3 Å². The maximum atomic E-state index is 12.7. The highest BCUT2D eigenvalue weighted by Gasteiger charge is 2.31. The molecule has 0 radical (unpaired) electrons. The van der Waals surface area contributed by atoms with Gasteiger partial charge in [-0.3, -0.25) is 0 Å². The molecule has 0 amide bonds. The van der Waals surface area contributed by atoms with Gasteiger partial charge in [-0.2, -0.15) is 22.6 Å². The van der Waals surface area contributed by atoms with E-state index < -0.39 is 22.5 Å². The summed E-state index contributed by atoms with van der Waals surface area (Å²) in [4.78, 5) is 14.4. The third kappa shape index (κ3) is 2.80. The van der Waals surface area contributed by atoms with Crippen LogP contribution in [0.1, 0.15) is 5.56 Å². The first-order valence-electron chi connectivity index (χ1n) is 6.33. The number of nitrogens with zero attached hydrogens (tertiary/aromatic N) is 3. The van der Waals surface area contributed by atoms with Crippen molar-refractivity contribution < 1.29 is 22.8 Å². The molecule has 0 saturated carbocycles. The van der Waals surface area contributed by atoms with E-state index in [2.05, 4.69) is 4.98 Å². The fraction of sp³-hybridized carbons (Fsp3) is 0.0714. The standard InChI is InChI=1S/C14H8F3N3O3/c15-14(16,17)9-4-3-5-10(8-9)23-12-13(20(21)22)19-7-2-1-6-11(19)18-12/h1-8H. The molecule has 0 saturated heterocycles. The molecular formula is C14H8F3N3O3. The SMILES string of the molecule is O=[N+]([O-])c1c(Oc2cccc(C(F)(F)F)c2)nc2ccccn12. The minimum atomic E-state index is -4.54. The van der Waals surface area contributed by atoms with E-state index in [0.29, 0.717) is 0 Å². The van der Waals surface area contributed by atoms with Gasteiger partial charge in [0.15, 0.2) is 0 Å². The molecule has 0 unspecified atom stereocenters. The lowest BCUT2D eigenvalue weighted by Crippen LogP contribution is -2.04. The number of aromatic nitrogens is 2. The van der Waals surface area contributed by atoms with Crippen molar-refractivity contribution in [3.05, 3.63) is 64.3 Å². The highest BCUT2D eigenvalue weighted by Crippen LogP contribution is 2.35. The molecule has 0 atom stereocenters. The minimum Gasteiger partial charge on any atom is -0.433 e. The van der Waals surface area contributed by atoms with Crippen LogP contribution < -0.4 is 4.74 Å². The molecule has 9 heteroatoms. The summed E-state index contributed by atoms with van der Waals surface area (Å²) in [6.07, 6.45) is -3.12. The van der Waals surface area contributed by atoms with Crippen LogP contribution in [0.3, 0.4) is 0 Å². The van der Waals surface area contributed by atoms with E-state index in [1.807, 2.05) is 0 Å². The van der Waals surface area contributed by atoms with Gasteiger partial charge in [-0.25, -0.2) is 0 Å². The lowest BCUT2D eigenvalue weighted by molar-refractivity contribution is -0.391. The van der Waals surface area contributed by atoms with Gasteiger partial charge < -0.3 is 14.9 Å². The molecule has 2 aromatic heterocycles. The number of hydrogen-bond donors (Lipinski definition) is 0. The Bertz CT molecular complexity index is 890. The van der Waals surface area contributed by atoms with Gasteiger partial charge in [-0.15, -0.1) is 0 Å². The molecule has 1 aromatic carbocycles. The maximum Gasteiger partial charge on any atom is 0.416 e. The zero-order valence-corrected chi connectivity index (χ0v) is 11.3. The van der Waals surface area contributed by atoms with Gasteiger partial charge in [-0.1, -0.05) is 12.1 Å². The quantitative estimate of drug-likeness (QED) is 0.538. The molecule has 3 aromatic rings. The molecule has 6 nitrogen and oxygen atoms in total. The molecule has 0 bridgehead atoms. The zero-order valence-electron chi connectivity index (χ0n) is 11.3. The van der Waals surface area contributed by atoms with E-state index in [-0.39, 0.29) is 17.3 Å². The predicted molar refractivity (Wildman–Crippen MR) is 73.4 cm³/mol. The van der Waals surface area contributed by atoms with Crippen molar-refractivity contribution in [3.63, 3.8) is 0 Å². The third-order valence-corrected chi connectivity index (χ3v) is 3.02. The second-order valence-electron chi connectivity index (χ2n) is 4.55. The van der Waals surface area contributed by atoms with Gasteiger partial charge in [0, 0.05) is 6.07 Å². The third-order valence-electron chi connectivity index (χ3n) is 3.02. The Kier molecular flexibility index (Phi) is 3.40. The number of alkyl halides is 3. The molecule has 23 heavy (non-hydrogen) atoms. The number of fused-ring (bicyclic) bond motifs is 1. The Balaban J connectivity index is 2.05. The normalized spacial score (nSPS) is 11.6. The maximum absolute atomic E-state index is 12.7. The molecule has 2 heterocycles. The number of imidazole rings is 1. The molecule has 3 rings (SSSR count). The number of nitro groups is 1.